The standard InChI is InChI=1S/C25H26FN7OS/c1-17-28-31-25(33(17)15-18-8-4-2-5-9-18)35-16-23(34)27-19-11-12-21(26)20(14-19)24-30-29-22-10-6-3-7-13-32(22)24/h2,4-5,8-9,11-12,14H,3,6-7,10,13,15-16H2,1H3,(H,27,34). The van der Waals surface area contributed by atoms with Crippen LogP contribution in [0.15, 0.2) is 53.7 Å². The average molecular weight is 492 g/mol. The molecule has 0 atom stereocenters. The predicted molar refractivity (Wildman–Crippen MR) is 133 cm³/mol. The average Bonchev–Trinajstić information content (AvgIpc) is 3.33. The Hall–Kier alpha value is -3.53. The molecule has 180 valence electrons. The van der Waals surface area contributed by atoms with Crippen molar-refractivity contribution in [3.63, 3.8) is 0 Å². The third-order valence-corrected chi connectivity index (χ3v) is 6.98. The molecule has 0 spiro atoms. The lowest BCUT2D eigenvalue weighted by atomic mass is 10.1. The fraction of sp³-hybridized carbons (Fsp3) is 0.320. The molecule has 2 aromatic heterocycles. The summed E-state index contributed by atoms with van der Waals surface area (Å²) in [6.45, 7) is 3.30. The molecule has 35 heavy (non-hydrogen) atoms. The fourth-order valence-electron chi connectivity index (χ4n) is 4.20. The number of nitrogens with zero attached hydrogens (tertiary/aromatic N) is 6. The van der Waals surface area contributed by atoms with Gasteiger partial charge in [0, 0.05) is 18.7 Å². The largest absolute Gasteiger partial charge is 0.325 e. The lowest BCUT2D eigenvalue weighted by Gasteiger charge is -2.11. The Balaban J connectivity index is 1.27. The summed E-state index contributed by atoms with van der Waals surface area (Å²) in [7, 11) is 0. The van der Waals surface area contributed by atoms with Gasteiger partial charge in [-0.3, -0.25) is 4.79 Å². The van der Waals surface area contributed by atoms with Crippen molar-refractivity contribution in [1.29, 1.82) is 0 Å². The lowest BCUT2D eigenvalue weighted by Crippen LogP contribution is -2.15. The van der Waals surface area contributed by atoms with Gasteiger partial charge in [-0.25, -0.2) is 4.39 Å². The second-order valence-corrected chi connectivity index (χ2v) is 9.48. The van der Waals surface area contributed by atoms with Crippen LogP contribution in [0.2, 0.25) is 0 Å². The van der Waals surface area contributed by atoms with Crippen molar-refractivity contribution >= 4 is 23.4 Å². The Morgan fingerprint density at radius 2 is 1.91 bits per heavy atom. The van der Waals surface area contributed by atoms with Gasteiger partial charge < -0.3 is 14.5 Å². The third-order valence-electron chi connectivity index (χ3n) is 6.02. The van der Waals surface area contributed by atoms with Crippen molar-refractivity contribution < 1.29 is 9.18 Å². The molecular formula is C25H26FN7OS. The van der Waals surface area contributed by atoms with Crippen molar-refractivity contribution in [2.75, 3.05) is 11.1 Å². The van der Waals surface area contributed by atoms with Crippen LogP contribution < -0.4 is 5.32 Å². The summed E-state index contributed by atoms with van der Waals surface area (Å²) >= 11 is 1.32. The van der Waals surface area contributed by atoms with Crippen LogP contribution in [0, 0.1) is 12.7 Å². The van der Waals surface area contributed by atoms with Gasteiger partial charge >= 0.3 is 0 Å². The van der Waals surface area contributed by atoms with Crippen molar-refractivity contribution in [2.45, 2.75) is 50.9 Å². The van der Waals surface area contributed by atoms with E-state index < -0.39 is 0 Å². The first-order chi connectivity index (χ1) is 17.1. The molecular weight excluding hydrogens is 465 g/mol. The molecule has 10 heteroatoms. The van der Waals surface area contributed by atoms with E-state index in [9.17, 15) is 9.18 Å². The molecule has 3 heterocycles. The molecule has 1 N–H and O–H groups in total. The van der Waals surface area contributed by atoms with E-state index in [1.54, 1.807) is 12.1 Å². The quantitative estimate of drug-likeness (QED) is 0.383. The van der Waals surface area contributed by atoms with Crippen LogP contribution >= 0.6 is 11.8 Å². The van der Waals surface area contributed by atoms with Gasteiger partial charge in [0.15, 0.2) is 11.0 Å². The van der Waals surface area contributed by atoms with E-state index in [0.29, 0.717) is 28.8 Å². The third kappa shape index (κ3) is 5.27. The van der Waals surface area contributed by atoms with E-state index in [2.05, 4.69) is 25.7 Å². The van der Waals surface area contributed by atoms with E-state index in [0.717, 1.165) is 49.4 Å². The molecule has 8 nitrogen and oxygen atoms in total. The molecule has 0 bridgehead atoms. The number of anilines is 1. The van der Waals surface area contributed by atoms with Crippen molar-refractivity contribution in [1.82, 2.24) is 29.5 Å². The summed E-state index contributed by atoms with van der Waals surface area (Å²) in [5.74, 6) is 1.74. The van der Waals surface area contributed by atoms with Gasteiger partial charge in [0.25, 0.3) is 0 Å². The first-order valence-corrected chi connectivity index (χ1v) is 12.7. The first kappa shape index (κ1) is 23.2. The molecule has 0 saturated heterocycles. The molecule has 5 rings (SSSR count). The van der Waals surface area contributed by atoms with Crippen LogP contribution in [-0.4, -0.2) is 41.2 Å². The van der Waals surface area contributed by atoms with Crippen LogP contribution in [0.3, 0.4) is 0 Å². The maximum Gasteiger partial charge on any atom is 0.234 e. The minimum Gasteiger partial charge on any atom is -0.325 e. The van der Waals surface area contributed by atoms with Crippen LogP contribution in [0.1, 0.15) is 36.5 Å². The smallest absolute Gasteiger partial charge is 0.234 e. The summed E-state index contributed by atoms with van der Waals surface area (Å²) in [5.41, 5.74) is 1.99. The van der Waals surface area contributed by atoms with Gasteiger partial charge in [-0.15, -0.1) is 20.4 Å². The number of halogens is 1. The lowest BCUT2D eigenvalue weighted by molar-refractivity contribution is -0.113. The molecule has 1 aliphatic rings. The number of aryl methyl sites for hydroxylation is 2. The van der Waals surface area contributed by atoms with Crippen molar-refractivity contribution in [3.8, 4) is 11.4 Å². The number of rotatable bonds is 7. The Kier molecular flexibility index (Phi) is 6.89. The molecule has 0 aliphatic carbocycles. The first-order valence-electron chi connectivity index (χ1n) is 11.7. The number of nitrogens with one attached hydrogen (secondary N) is 1. The number of hydrogen-bond acceptors (Lipinski definition) is 6. The van der Waals surface area contributed by atoms with Gasteiger partial charge in [-0.2, -0.15) is 0 Å². The van der Waals surface area contributed by atoms with Crippen LogP contribution in [0.5, 0.6) is 0 Å². The van der Waals surface area contributed by atoms with Gasteiger partial charge in [0.05, 0.1) is 17.9 Å². The zero-order valence-electron chi connectivity index (χ0n) is 19.4. The molecule has 0 saturated carbocycles. The van der Waals surface area contributed by atoms with Gasteiger partial charge in [0.1, 0.15) is 17.5 Å². The fourth-order valence-corrected chi connectivity index (χ4v) is 4.99. The molecule has 1 aliphatic heterocycles. The highest BCUT2D eigenvalue weighted by molar-refractivity contribution is 7.99. The van der Waals surface area contributed by atoms with E-state index in [1.165, 1.54) is 17.8 Å². The summed E-state index contributed by atoms with van der Waals surface area (Å²) in [5, 5.41) is 20.5. The number of hydrogen-bond donors (Lipinski definition) is 1. The second kappa shape index (κ2) is 10.4. The maximum atomic E-state index is 14.7. The highest BCUT2D eigenvalue weighted by Gasteiger charge is 2.19. The number of thioether (sulfide) groups is 1. The summed E-state index contributed by atoms with van der Waals surface area (Å²) in [6, 6.07) is 14.6. The van der Waals surface area contributed by atoms with E-state index in [-0.39, 0.29) is 17.5 Å². The number of benzene rings is 2. The van der Waals surface area contributed by atoms with Crippen molar-refractivity contribution in [3.05, 3.63) is 71.6 Å². The minimum absolute atomic E-state index is 0.153. The summed E-state index contributed by atoms with van der Waals surface area (Å²) in [6.07, 6.45) is 4.04. The Morgan fingerprint density at radius 3 is 2.77 bits per heavy atom. The molecule has 0 unspecified atom stereocenters. The topological polar surface area (TPSA) is 90.5 Å². The Morgan fingerprint density at radius 1 is 1.06 bits per heavy atom. The number of amides is 1. The normalized spacial score (nSPS) is 13.3. The highest BCUT2D eigenvalue weighted by atomic mass is 32.2. The summed E-state index contributed by atoms with van der Waals surface area (Å²) < 4.78 is 18.7. The van der Waals surface area contributed by atoms with E-state index in [1.807, 2.05) is 46.4 Å². The predicted octanol–water partition coefficient (Wildman–Crippen LogP) is 4.49. The highest BCUT2D eigenvalue weighted by Crippen LogP contribution is 2.28. The van der Waals surface area contributed by atoms with Gasteiger partial charge in [0.2, 0.25) is 5.91 Å². The zero-order chi connectivity index (χ0) is 24.2. The number of carbonyl (C=O) groups excluding carboxylic acids is 1. The Labute approximate surface area is 207 Å². The molecule has 2 aromatic carbocycles. The number of aromatic nitrogens is 6. The molecule has 1 amide bonds. The SMILES string of the molecule is Cc1nnc(SCC(=O)Nc2ccc(F)c(-c3nnc4n3CCCCC4)c2)n1Cc1ccccc1. The van der Waals surface area contributed by atoms with Gasteiger partial charge in [-0.1, -0.05) is 48.5 Å². The monoisotopic (exact) mass is 491 g/mol. The van der Waals surface area contributed by atoms with Crippen LogP contribution in [0.4, 0.5) is 10.1 Å². The maximum absolute atomic E-state index is 14.7. The second-order valence-electron chi connectivity index (χ2n) is 8.54. The number of fused-ring (bicyclic) bond motifs is 1. The van der Waals surface area contributed by atoms with E-state index in [4.69, 9.17) is 0 Å². The molecule has 0 fully saturated rings. The zero-order valence-corrected chi connectivity index (χ0v) is 20.3. The summed E-state index contributed by atoms with van der Waals surface area (Å²) in [4.78, 5) is 12.7. The van der Waals surface area contributed by atoms with Crippen LogP contribution in [-0.2, 0) is 24.3 Å². The van der Waals surface area contributed by atoms with Crippen LogP contribution in [0.25, 0.3) is 11.4 Å². The Bertz CT molecular complexity index is 1340. The van der Waals surface area contributed by atoms with Gasteiger partial charge in [-0.05, 0) is 43.5 Å². The molecule has 0 radical (unpaired) electrons. The van der Waals surface area contributed by atoms with E-state index >= 15 is 0 Å². The van der Waals surface area contributed by atoms with Crippen molar-refractivity contribution in [2.24, 2.45) is 0 Å². The molecule has 4 aromatic rings. The minimum atomic E-state index is -0.388. The number of carbonyl (C=O) groups is 1.